The summed E-state index contributed by atoms with van der Waals surface area (Å²) < 4.78 is 0. The predicted octanol–water partition coefficient (Wildman–Crippen LogP) is 4.57. The number of nitrogens with zero attached hydrogens (tertiary/aromatic N) is 2. The number of amides is 1. The summed E-state index contributed by atoms with van der Waals surface area (Å²) in [7, 11) is 0. The number of nitrogens with one attached hydrogen (secondary N) is 2. The molecule has 28 heavy (non-hydrogen) atoms. The van der Waals surface area contributed by atoms with Crippen LogP contribution in [0.5, 0.6) is 0 Å². The number of hydrogen-bond donors (Lipinski definition) is 2. The van der Waals surface area contributed by atoms with Crippen LogP contribution < -0.4 is 15.5 Å². The van der Waals surface area contributed by atoms with Crippen LogP contribution in [0.25, 0.3) is 0 Å². The number of likely N-dealkylation sites (N-methyl/N-ethyl adjacent to an activating group) is 1. The van der Waals surface area contributed by atoms with Crippen molar-refractivity contribution in [2.45, 2.75) is 19.9 Å². The lowest BCUT2D eigenvalue weighted by Gasteiger charge is -2.35. The highest BCUT2D eigenvalue weighted by atomic mass is 35.5. The molecule has 0 unspecified atom stereocenters. The summed E-state index contributed by atoms with van der Waals surface area (Å²) in [6, 6.07) is 12.8. The molecule has 0 aliphatic carbocycles. The van der Waals surface area contributed by atoms with Gasteiger partial charge in [0.2, 0.25) is 5.91 Å². The fourth-order valence-electron chi connectivity index (χ4n) is 3.24. The summed E-state index contributed by atoms with van der Waals surface area (Å²) in [5, 5.41) is 7.02. The summed E-state index contributed by atoms with van der Waals surface area (Å²) >= 11 is 12.1. The van der Waals surface area contributed by atoms with Crippen LogP contribution in [-0.2, 0) is 4.79 Å². The zero-order chi connectivity index (χ0) is 20.1. The van der Waals surface area contributed by atoms with E-state index in [0.717, 1.165) is 38.4 Å². The van der Waals surface area contributed by atoms with Gasteiger partial charge in [-0.3, -0.25) is 4.79 Å². The Morgan fingerprint density at radius 1 is 1.07 bits per heavy atom. The van der Waals surface area contributed by atoms with Crippen molar-refractivity contribution in [1.29, 1.82) is 0 Å². The van der Waals surface area contributed by atoms with E-state index in [1.165, 1.54) is 5.69 Å². The van der Waals surface area contributed by atoms with Crippen LogP contribution in [0.1, 0.15) is 13.8 Å². The predicted molar refractivity (Wildman–Crippen MR) is 119 cm³/mol. The molecular weight excluding hydrogens is 395 g/mol. The van der Waals surface area contributed by atoms with Crippen molar-refractivity contribution in [2.24, 2.45) is 0 Å². The topological polar surface area (TPSA) is 47.6 Å². The maximum Gasteiger partial charge on any atom is 0.246 e. The van der Waals surface area contributed by atoms with E-state index in [1.54, 1.807) is 18.2 Å². The molecule has 1 heterocycles. The number of carbonyl (C=O) groups is 1. The molecule has 1 aliphatic rings. The molecule has 7 heteroatoms. The van der Waals surface area contributed by atoms with Crippen LogP contribution in [-0.4, -0.2) is 49.6 Å². The second kappa shape index (κ2) is 9.50. The quantitative estimate of drug-likeness (QED) is 0.717. The zero-order valence-corrected chi connectivity index (χ0v) is 17.7. The van der Waals surface area contributed by atoms with E-state index in [9.17, 15) is 4.79 Å². The molecule has 0 spiro atoms. The Morgan fingerprint density at radius 2 is 1.75 bits per heavy atom. The molecule has 1 fully saturated rings. The van der Waals surface area contributed by atoms with E-state index in [-0.39, 0.29) is 5.91 Å². The molecule has 3 rings (SSSR count). The van der Waals surface area contributed by atoms with Crippen molar-refractivity contribution in [1.82, 2.24) is 4.90 Å². The van der Waals surface area contributed by atoms with Crippen molar-refractivity contribution in [3.05, 3.63) is 52.5 Å². The number of rotatable bonds is 6. The second-order valence-corrected chi connectivity index (χ2v) is 7.79. The molecule has 0 saturated carbocycles. The van der Waals surface area contributed by atoms with Gasteiger partial charge < -0.3 is 20.4 Å². The lowest BCUT2D eigenvalue weighted by Crippen LogP contribution is -2.46. The van der Waals surface area contributed by atoms with E-state index in [4.69, 9.17) is 23.2 Å². The van der Waals surface area contributed by atoms with Crippen molar-refractivity contribution in [3.63, 3.8) is 0 Å². The van der Waals surface area contributed by atoms with E-state index in [2.05, 4.69) is 39.5 Å². The van der Waals surface area contributed by atoms with Crippen LogP contribution in [0.4, 0.5) is 17.1 Å². The van der Waals surface area contributed by atoms with E-state index >= 15 is 0 Å². The largest absolute Gasteiger partial charge is 0.374 e. The first-order chi connectivity index (χ1) is 13.5. The third-order valence-electron chi connectivity index (χ3n) is 5.01. The standard InChI is InChI=1S/C21H26Cl2N4O/c1-3-26-10-12-27(13-11-26)18-7-5-17(6-8-18)24-15(2)21(28)25-20-14-16(22)4-9-19(20)23/h4-9,14-15,24H,3,10-13H2,1-2H3,(H,25,28)/t15-/m1/s1. The first-order valence-corrected chi connectivity index (χ1v) is 10.3. The summed E-state index contributed by atoms with van der Waals surface area (Å²) in [6.07, 6.45) is 0. The second-order valence-electron chi connectivity index (χ2n) is 6.95. The first kappa shape index (κ1) is 20.8. The van der Waals surface area contributed by atoms with Crippen molar-refractivity contribution >= 4 is 46.2 Å². The van der Waals surface area contributed by atoms with E-state index in [0.29, 0.717) is 15.7 Å². The van der Waals surface area contributed by atoms with Crippen LogP contribution >= 0.6 is 23.2 Å². The third kappa shape index (κ3) is 5.31. The molecule has 150 valence electrons. The van der Waals surface area contributed by atoms with E-state index in [1.807, 2.05) is 19.1 Å². The lowest BCUT2D eigenvalue weighted by molar-refractivity contribution is -0.116. The number of benzene rings is 2. The summed E-state index contributed by atoms with van der Waals surface area (Å²) in [6.45, 7) is 9.40. The van der Waals surface area contributed by atoms with Gasteiger partial charge in [-0.25, -0.2) is 0 Å². The monoisotopic (exact) mass is 420 g/mol. The molecule has 0 radical (unpaired) electrons. The van der Waals surface area contributed by atoms with Crippen molar-refractivity contribution < 1.29 is 4.79 Å². The Hall–Kier alpha value is -1.95. The molecule has 2 aromatic carbocycles. The van der Waals surface area contributed by atoms with Gasteiger partial charge in [-0.05, 0) is 55.9 Å². The van der Waals surface area contributed by atoms with Gasteiger partial charge >= 0.3 is 0 Å². The van der Waals surface area contributed by atoms with Gasteiger partial charge in [-0.2, -0.15) is 0 Å². The number of anilines is 3. The van der Waals surface area contributed by atoms with Crippen LogP contribution in [0, 0.1) is 0 Å². The number of piperazine rings is 1. The highest BCUT2D eigenvalue weighted by molar-refractivity contribution is 6.35. The molecule has 2 N–H and O–H groups in total. The number of halogens is 2. The Labute approximate surface area is 176 Å². The number of hydrogen-bond acceptors (Lipinski definition) is 4. The highest BCUT2D eigenvalue weighted by Gasteiger charge is 2.17. The minimum absolute atomic E-state index is 0.177. The number of carbonyl (C=O) groups excluding carboxylic acids is 1. The summed E-state index contributed by atoms with van der Waals surface area (Å²) in [5.74, 6) is -0.177. The minimum atomic E-state index is -0.422. The third-order valence-corrected chi connectivity index (χ3v) is 5.58. The minimum Gasteiger partial charge on any atom is -0.374 e. The van der Waals surface area contributed by atoms with Gasteiger partial charge in [0.25, 0.3) is 0 Å². The normalized spacial score (nSPS) is 15.9. The molecule has 1 aliphatic heterocycles. The fraction of sp³-hybridized carbons (Fsp3) is 0.381. The summed E-state index contributed by atoms with van der Waals surface area (Å²) in [5.41, 5.74) is 2.62. The average Bonchev–Trinajstić information content (AvgIpc) is 2.71. The molecule has 1 atom stereocenters. The van der Waals surface area contributed by atoms with Crippen LogP contribution in [0.15, 0.2) is 42.5 Å². The Balaban J connectivity index is 1.56. The lowest BCUT2D eigenvalue weighted by atomic mass is 10.2. The molecular formula is C21H26Cl2N4O. The molecule has 0 bridgehead atoms. The summed E-state index contributed by atoms with van der Waals surface area (Å²) in [4.78, 5) is 17.3. The zero-order valence-electron chi connectivity index (χ0n) is 16.2. The van der Waals surface area contributed by atoms with Crippen LogP contribution in [0.3, 0.4) is 0 Å². The Kier molecular flexibility index (Phi) is 7.05. The fourth-order valence-corrected chi connectivity index (χ4v) is 3.58. The van der Waals surface area contributed by atoms with Gasteiger partial charge in [-0.15, -0.1) is 0 Å². The molecule has 1 amide bonds. The van der Waals surface area contributed by atoms with Gasteiger partial charge in [0.1, 0.15) is 6.04 Å². The smallest absolute Gasteiger partial charge is 0.246 e. The maximum atomic E-state index is 12.5. The van der Waals surface area contributed by atoms with E-state index < -0.39 is 6.04 Å². The Bertz CT molecular complexity index is 805. The van der Waals surface area contributed by atoms with Gasteiger partial charge in [0.05, 0.1) is 10.7 Å². The van der Waals surface area contributed by atoms with Gasteiger partial charge in [-0.1, -0.05) is 30.1 Å². The highest BCUT2D eigenvalue weighted by Crippen LogP contribution is 2.26. The molecule has 5 nitrogen and oxygen atoms in total. The van der Waals surface area contributed by atoms with Crippen molar-refractivity contribution in [2.75, 3.05) is 48.3 Å². The van der Waals surface area contributed by atoms with Gasteiger partial charge in [0.15, 0.2) is 0 Å². The van der Waals surface area contributed by atoms with Crippen LogP contribution in [0.2, 0.25) is 10.0 Å². The van der Waals surface area contributed by atoms with Gasteiger partial charge in [0, 0.05) is 42.6 Å². The molecule has 0 aromatic heterocycles. The Morgan fingerprint density at radius 3 is 2.39 bits per heavy atom. The SMILES string of the molecule is CCN1CCN(c2ccc(N[C@H](C)C(=O)Nc3cc(Cl)ccc3Cl)cc2)CC1. The first-order valence-electron chi connectivity index (χ1n) is 9.56. The molecule has 2 aromatic rings. The van der Waals surface area contributed by atoms with Crippen molar-refractivity contribution in [3.8, 4) is 0 Å². The average molecular weight is 421 g/mol. The maximum absolute atomic E-state index is 12.5. The molecule has 1 saturated heterocycles.